The summed E-state index contributed by atoms with van der Waals surface area (Å²) in [7, 11) is 0. The van der Waals surface area contributed by atoms with Gasteiger partial charge in [0.25, 0.3) is 0 Å². The van der Waals surface area contributed by atoms with E-state index in [-0.39, 0.29) is 0 Å². The van der Waals surface area contributed by atoms with Crippen molar-refractivity contribution in [2.45, 2.75) is 32.2 Å². The molecule has 1 atom stereocenters. The van der Waals surface area contributed by atoms with Gasteiger partial charge in [0, 0.05) is 6.54 Å². The van der Waals surface area contributed by atoms with Crippen molar-refractivity contribution in [2.24, 2.45) is 5.73 Å². The first kappa shape index (κ1) is 12.3. The molecular weight excluding hydrogens is 172 g/mol. The number of unbranched alkanes of at least 4 members (excludes halogenated alkanes) is 1. The van der Waals surface area contributed by atoms with Gasteiger partial charge in [-0.3, -0.25) is 4.79 Å². The van der Waals surface area contributed by atoms with Gasteiger partial charge in [-0.25, -0.2) is 5.48 Å². The Hall–Kier alpha value is -0.650. The number of carboxylic acids is 1. The maximum atomic E-state index is 10.3. The maximum absolute atomic E-state index is 10.3. The normalized spacial score (nSPS) is 12.8. The summed E-state index contributed by atoms with van der Waals surface area (Å²) in [6, 6.07) is -0.730. The number of hydrogen-bond donors (Lipinski definition) is 3. The van der Waals surface area contributed by atoms with Gasteiger partial charge >= 0.3 is 5.97 Å². The standard InChI is InChI=1S/C8H18N2O3/c1-2-13-10-6-4-3-5-7(9)8(11)12/h7,10H,2-6,9H2,1H3,(H,11,12)/t7-/m0/s1. The molecule has 0 saturated carbocycles. The summed E-state index contributed by atoms with van der Waals surface area (Å²) >= 11 is 0. The lowest BCUT2D eigenvalue weighted by molar-refractivity contribution is -0.138. The number of aliphatic carboxylic acids is 1. The number of nitrogens with two attached hydrogens (primary N) is 1. The number of carbonyl (C=O) groups is 1. The van der Waals surface area contributed by atoms with E-state index in [0.29, 0.717) is 13.0 Å². The average Bonchev–Trinajstić information content (AvgIpc) is 2.10. The van der Waals surface area contributed by atoms with Crippen LogP contribution in [-0.4, -0.2) is 30.3 Å². The Morgan fingerprint density at radius 3 is 2.85 bits per heavy atom. The molecule has 0 radical (unpaired) electrons. The molecule has 0 rings (SSSR count). The van der Waals surface area contributed by atoms with Crippen LogP contribution in [0.1, 0.15) is 26.2 Å². The van der Waals surface area contributed by atoms with Crippen LogP contribution in [0, 0.1) is 0 Å². The third-order valence-electron chi connectivity index (χ3n) is 1.61. The monoisotopic (exact) mass is 190 g/mol. The molecule has 5 heteroatoms. The highest BCUT2D eigenvalue weighted by Gasteiger charge is 2.09. The van der Waals surface area contributed by atoms with E-state index in [4.69, 9.17) is 15.7 Å². The van der Waals surface area contributed by atoms with Crippen LogP contribution < -0.4 is 11.2 Å². The highest BCUT2D eigenvalue weighted by Crippen LogP contribution is 1.97. The molecule has 0 fully saturated rings. The van der Waals surface area contributed by atoms with Gasteiger partial charge in [0.05, 0.1) is 6.61 Å². The first-order valence-electron chi connectivity index (χ1n) is 4.51. The Morgan fingerprint density at radius 1 is 1.62 bits per heavy atom. The molecular formula is C8H18N2O3. The van der Waals surface area contributed by atoms with E-state index in [9.17, 15) is 4.79 Å². The molecule has 0 unspecified atom stereocenters. The second-order valence-electron chi connectivity index (χ2n) is 2.77. The van der Waals surface area contributed by atoms with Crippen LogP contribution in [0.15, 0.2) is 0 Å². The highest BCUT2D eigenvalue weighted by atomic mass is 16.6. The highest BCUT2D eigenvalue weighted by molar-refractivity contribution is 5.72. The molecule has 0 saturated heterocycles. The van der Waals surface area contributed by atoms with Gasteiger partial charge in [0.1, 0.15) is 6.04 Å². The lowest BCUT2D eigenvalue weighted by atomic mass is 10.1. The molecule has 0 aliphatic rings. The van der Waals surface area contributed by atoms with Crippen molar-refractivity contribution in [3.8, 4) is 0 Å². The Labute approximate surface area is 78.2 Å². The van der Waals surface area contributed by atoms with E-state index in [2.05, 4.69) is 5.48 Å². The summed E-state index contributed by atoms with van der Waals surface area (Å²) in [6.45, 7) is 3.27. The van der Waals surface area contributed by atoms with Gasteiger partial charge in [-0.15, -0.1) is 0 Å². The van der Waals surface area contributed by atoms with E-state index in [1.165, 1.54) is 0 Å². The van der Waals surface area contributed by atoms with Crippen molar-refractivity contribution in [1.29, 1.82) is 0 Å². The van der Waals surface area contributed by atoms with Crippen LogP contribution in [0.25, 0.3) is 0 Å². The van der Waals surface area contributed by atoms with Crippen LogP contribution in [-0.2, 0) is 9.63 Å². The third-order valence-corrected chi connectivity index (χ3v) is 1.61. The van der Waals surface area contributed by atoms with E-state index in [0.717, 1.165) is 19.4 Å². The summed E-state index contributed by atoms with van der Waals surface area (Å²) in [4.78, 5) is 15.2. The fourth-order valence-corrected chi connectivity index (χ4v) is 0.859. The number of hydrogen-bond acceptors (Lipinski definition) is 4. The van der Waals surface area contributed by atoms with Crippen molar-refractivity contribution in [2.75, 3.05) is 13.2 Å². The number of nitrogens with one attached hydrogen (secondary N) is 1. The van der Waals surface area contributed by atoms with Crippen molar-refractivity contribution < 1.29 is 14.7 Å². The smallest absolute Gasteiger partial charge is 0.320 e. The molecule has 13 heavy (non-hydrogen) atoms. The van der Waals surface area contributed by atoms with E-state index in [1.54, 1.807) is 0 Å². The van der Waals surface area contributed by atoms with Gasteiger partial charge in [-0.2, -0.15) is 0 Å². The molecule has 0 aliphatic heterocycles. The minimum Gasteiger partial charge on any atom is -0.480 e. The van der Waals surface area contributed by atoms with E-state index in [1.807, 2.05) is 6.92 Å². The van der Waals surface area contributed by atoms with Crippen molar-refractivity contribution >= 4 is 5.97 Å². The van der Waals surface area contributed by atoms with Crippen molar-refractivity contribution in [1.82, 2.24) is 5.48 Å². The lowest BCUT2D eigenvalue weighted by Gasteiger charge is -2.06. The maximum Gasteiger partial charge on any atom is 0.320 e. The summed E-state index contributed by atoms with van der Waals surface area (Å²) < 4.78 is 0. The summed E-state index contributed by atoms with van der Waals surface area (Å²) in [5.41, 5.74) is 8.06. The predicted molar refractivity (Wildman–Crippen MR) is 49.1 cm³/mol. The van der Waals surface area contributed by atoms with Crippen LogP contribution >= 0.6 is 0 Å². The first-order chi connectivity index (χ1) is 6.18. The molecule has 0 aromatic heterocycles. The topological polar surface area (TPSA) is 84.6 Å². The zero-order valence-electron chi connectivity index (χ0n) is 7.95. The Kier molecular flexibility index (Phi) is 7.57. The molecule has 0 aromatic rings. The molecule has 0 aliphatic carbocycles. The number of rotatable bonds is 8. The summed E-state index contributed by atoms with van der Waals surface area (Å²) in [5.74, 6) is -0.933. The molecule has 0 amide bonds. The average molecular weight is 190 g/mol. The number of carboxylic acid groups (broad SMARTS) is 1. The van der Waals surface area contributed by atoms with Gasteiger partial charge in [-0.05, 0) is 26.2 Å². The Morgan fingerprint density at radius 2 is 2.31 bits per heavy atom. The zero-order valence-corrected chi connectivity index (χ0v) is 7.95. The molecule has 0 spiro atoms. The number of hydroxylamine groups is 1. The van der Waals surface area contributed by atoms with E-state index >= 15 is 0 Å². The predicted octanol–water partition coefficient (Wildman–Crippen LogP) is 0.110. The minimum absolute atomic E-state index is 0.517. The largest absolute Gasteiger partial charge is 0.480 e. The molecule has 5 nitrogen and oxygen atoms in total. The molecule has 0 aromatic carbocycles. The summed E-state index contributed by atoms with van der Waals surface area (Å²) in [6.07, 6.45) is 2.19. The quantitative estimate of drug-likeness (QED) is 0.373. The molecule has 78 valence electrons. The van der Waals surface area contributed by atoms with Gasteiger partial charge in [0.2, 0.25) is 0 Å². The van der Waals surface area contributed by atoms with Crippen LogP contribution in [0.5, 0.6) is 0 Å². The zero-order chi connectivity index (χ0) is 10.1. The SMILES string of the molecule is CCONCCCC[C@H](N)C(=O)O. The van der Waals surface area contributed by atoms with Crippen LogP contribution in [0.3, 0.4) is 0 Å². The van der Waals surface area contributed by atoms with Crippen LogP contribution in [0.4, 0.5) is 0 Å². The summed E-state index contributed by atoms with van der Waals surface area (Å²) in [5, 5.41) is 8.46. The fourth-order valence-electron chi connectivity index (χ4n) is 0.859. The Bertz CT molecular complexity index is 141. The second kappa shape index (κ2) is 7.97. The lowest BCUT2D eigenvalue weighted by Crippen LogP contribution is -2.30. The van der Waals surface area contributed by atoms with Gasteiger partial charge < -0.3 is 15.7 Å². The fraction of sp³-hybridized carbons (Fsp3) is 0.875. The second-order valence-corrected chi connectivity index (χ2v) is 2.77. The Balaban J connectivity index is 3.11. The van der Waals surface area contributed by atoms with Crippen LogP contribution in [0.2, 0.25) is 0 Å². The molecule has 4 N–H and O–H groups in total. The minimum atomic E-state index is -0.933. The van der Waals surface area contributed by atoms with Crippen molar-refractivity contribution in [3.63, 3.8) is 0 Å². The first-order valence-corrected chi connectivity index (χ1v) is 4.51. The van der Waals surface area contributed by atoms with Gasteiger partial charge in [-0.1, -0.05) is 0 Å². The molecule has 0 bridgehead atoms. The molecule has 0 heterocycles. The van der Waals surface area contributed by atoms with Gasteiger partial charge in [0.15, 0.2) is 0 Å². The third kappa shape index (κ3) is 7.70. The van der Waals surface area contributed by atoms with Crippen molar-refractivity contribution in [3.05, 3.63) is 0 Å². The van der Waals surface area contributed by atoms with E-state index < -0.39 is 12.0 Å².